The molecular formula is C14H16N4O. The van der Waals surface area contributed by atoms with Crippen molar-refractivity contribution in [2.24, 2.45) is 5.73 Å². The van der Waals surface area contributed by atoms with Gasteiger partial charge in [-0.25, -0.2) is 0 Å². The second kappa shape index (κ2) is 4.51. The molecule has 1 aromatic heterocycles. The molecule has 0 atom stereocenters. The number of aromatic amines is 1. The number of H-pyrrole nitrogens is 1. The summed E-state index contributed by atoms with van der Waals surface area (Å²) in [6.45, 7) is 0.435. The third-order valence-electron chi connectivity index (χ3n) is 3.66. The summed E-state index contributed by atoms with van der Waals surface area (Å²) >= 11 is 0. The zero-order chi connectivity index (χ0) is 13.4. The Balaban J connectivity index is 2.05. The third kappa shape index (κ3) is 1.92. The van der Waals surface area contributed by atoms with E-state index < -0.39 is 0 Å². The molecule has 5 nitrogen and oxygen atoms in total. The molecule has 2 heterocycles. The fourth-order valence-electron chi connectivity index (χ4n) is 2.54. The Bertz CT molecular complexity index is 632. The van der Waals surface area contributed by atoms with Gasteiger partial charge < -0.3 is 10.6 Å². The van der Waals surface area contributed by atoms with Crippen molar-refractivity contribution in [3.63, 3.8) is 0 Å². The summed E-state index contributed by atoms with van der Waals surface area (Å²) in [6.07, 6.45) is 3.16. The summed E-state index contributed by atoms with van der Waals surface area (Å²) in [4.78, 5) is 13.4. The van der Waals surface area contributed by atoms with Crippen LogP contribution in [0.25, 0.3) is 11.1 Å². The normalized spacial score (nSPS) is 14.6. The quantitative estimate of drug-likeness (QED) is 0.853. The lowest BCUT2D eigenvalue weighted by Crippen LogP contribution is -2.30. The monoisotopic (exact) mass is 256 g/mol. The van der Waals surface area contributed by atoms with Crippen molar-refractivity contribution < 1.29 is 4.79 Å². The molecule has 2 aromatic rings. The van der Waals surface area contributed by atoms with E-state index in [1.807, 2.05) is 19.2 Å². The Kier molecular flexibility index (Phi) is 2.83. The van der Waals surface area contributed by atoms with Crippen LogP contribution in [-0.2, 0) is 17.8 Å². The van der Waals surface area contributed by atoms with Crippen molar-refractivity contribution >= 4 is 11.6 Å². The highest BCUT2D eigenvalue weighted by molar-refractivity contribution is 5.96. The number of rotatable bonds is 2. The van der Waals surface area contributed by atoms with Gasteiger partial charge in [0.25, 0.3) is 0 Å². The lowest BCUT2D eigenvalue weighted by atomic mass is 9.96. The molecule has 1 aliphatic heterocycles. The van der Waals surface area contributed by atoms with Crippen LogP contribution in [0.1, 0.15) is 17.7 Å². The van der Waals surface area contributed by atoms with Crippen LogP contribution in [-0.4, -0.2) is 23.2 Å². The molecule has 0 unspecified atom stereocenters. The van der Waals surface area contributed by atoms with Crippen molar-refractivity contribution in [2.45, 2.75) is 19.4 Å². The number of aromatic nitrogens is 2. The van der Waals surface area contributed by atoms with E-state index in [9.17, 15) is 4.79 Å². The zero-order valence-electron chi connectivity index (χ0n) is 10.8. The maximum Gasteiger partial charge on any atom is 0.227 e. The summed E-state index contributed by atoms with van der Waals surface area (Å²) in [5, 5.41) is 6.95. The fourth-order valence-corrected chi connectivity index (χ4v) is 2.54. The fraction of sp³-hybridized carbons (Fsp3) is 0.286. The zero-order valence-corrected chi connectivity index (χ0v) is 10.8. The highest BCUT2D eigenvalue weighted by atomic mass is 16.2. The average molecular weight is 256 g/mol. The van der Waals surface area contributed by atoms with Crippen molar-refractivity contribution in [1.82, 2.24) is 10.2 Å². The first-order valence-corrected chi connectivity index (χ1v) is 6.33. The van der Waals surface area contributed by atoms with Gasteiger partial charge in [-0.15, -0.1) is 0 Å². The third-order valence-corrected chi connectivity index (χ3v) is 3.66. The van der Waals surface area contributed by atoms with Crippen LogP contribution in [0.15, 0.2) is 24.4 Å². The molecule has 0 saturated carbocycles. The molecule has 0 spiro atoms. The number of carbonyl (C=O) groups excluding carboxylic acids is 1. The summed E-state index contributed by atoms with van der Waals surface area (Å²) in [7, 11) is 1.82. The summed E-state index contributed by atoms with van der Waals surface area (Å²) in [5.74, 6) is 0.172. The number of hydrogen-bond acceptors (Lipinski definition) is 3. The Morgan fingerprint density at radius 3 is 3.05 bits per heavy atom. The van der Waals surface area contributed by atoms with Crippen molar-refractivity contribution in [3.8, 4) is 11.1 Å². The van der Waals surface area contributed by atoms with Gasteiger partial charge >= 0.3 is 0 Å². The van der Waals surface area contributed by atoms with E-state index in [1.165, 1.54) is 5.56 Å². The molecule has 19 heavy (non-hydrogen) atoms. The molecule has 98 valence electrons. The van der Waals surface area contributed by atoms with E-state index in [4.69, 9.17) is 5.73 Å². The molecule has 0 radical (unpaired) electrons. The molecular weight excluding hydrogens is 240 g/mol. The Labute approximate surface area is 111 Å². The topological polar surface area (TPSA) is 75.0 Å². The standard InChI is InChI=1S/C14H16N4O/c1-18-13-4-2-9(6-10(13)3-5-14(18)19)11-8-16-17-12(11)7-15/h2,4,6,8H,3,5,7,15H2,1H3,(H,16,17). The largest absolute Gasteiger partial charge is 0.325 e. The molecule has 0 bridgehead atoms. The summed E-state index contributed by atoms with van der Waals surface area (Å²) < 4.78 is 0. The molecule has 3 rings (SSSR count). The predicted octanol–water partition coefficient (Wildman–Crippen LogP) is 1.44. The number of fused-ring (bicyclic) bond motifs is 1. The number of nitrogens with zero attached hydrogens (tertiary/aromatic N) is 2. The van der Waals surface area contributed by atoms with Crippen LogP contribution < -0.4 is 10.6 Å². The van der Waals surface area contributed by atoms with Crippen LogP contribution >= 0.6 is 0 Å². The van der Waals surface area contributed by atoms with Crippen LogP contribution in [0.5, 0.6) is 0 Å². The Morgan fingerprint density at radius 2 is 2.26 bits per heavy atom. The highest BCUT2D eigenvalue weighted by Crippen LogP contribution is 2.31. The smallest absolute Gasteiger partial charge is 0.227 e. The van der Waals surface area contributed by atoms with Crippen LogP contribution in [0.4, 0.5) is 5.69 Å². The maximum atomic E-state index is 11.7. The first-order valence-electron chi connectivity index (χ1n) is 6.33. The van der Waals surface area contributed by atoms with Crippen LogP contribution in [0, 0.1) is 0 Å². The molecule has 1 aromatic carbocycles. The predicted molar refractivity (Wildman–Crippen MR) is 73.6 cm³/mol. The SMILES string of the molecule is CN1C(=O)CCc2cc(-c3cn[nH]c3CN)ccc21. The minimum absolute atomic E-state index is 0.172. The Morgan fingerprint density at radius 1 is 1.42 bits per heavy atom. The average Bonchev–Trinajstić information content (AvgIpc) is 2.91. The van der Waals surface area contributed by atoms with Crippen LogP contribution in [0.3, 0.4) is 0 Å². The second-order valence-corrected chi connectivity index (χ2v) is 4.76. The maximum absolute atomic E-state index is 11.7. The van der Waals surface area contributed by atoms with Crippen molar-refractivity contribution in [2.75, 3.05) is 11.9 Å². The van der Waals surface area contributed by atoms with Gasteiger partial charge in [-0.05, 0) is 29.7 Å². The number of nitrogens with one attached hydrogen (secondary N) is 1. The second-order valence-electron chi connectivity index (χ2n) is 4.76. The molecule has 0 fully saturated rings. The number of anilines is 1. The molecule has 1 aliphatic rings. The number of benzene rings is 1. The van der Waals surface area contributed by atoms with Crippen molar-refractivity contribution in [3.05, 3.63) is 35.7 Å². The first kappa shape index (κ1) is 11.9. The van der Waals surface area contributed by atoms with Crippen LogP contribution in [0.2, 0.25) is 0 Å². The van der Waals surface area contributed by atoms with E-state index in [-0.39, 0.29) is 5.91 Å². The number of nitrogens with two attached hydrogens (primary N) is 1. The number of amides is 1. The summed E-state index contributed by atoms with van der Waals surface area (Å²) in [6, 6.07) is 6.13. The molecule has 3 N–H and O–H groups in total. The lowest BCUT2D eigenvalue weighted by molar-refractivity contribution is -0.118. The van der Waals surface area contributed by atoms with E-state index in [2.05, 4.69) is 16.3 Å². The summed E-state index contributed by atoms with van der Waals surface area (Å²) in [5.41, 5.74) is 10.9. The molecule has 0 aliphatic carbocycles. The number of aryl methyl sites for hydroxylation is 1. The van der Waals surface area contributed by atoms with Gasteiger partial charge in [0.1, 0.15) is 0 Å². The van der Waals surface area contributed by atoms with Gasteiger partial charge in [0, 0.05) is 31.3 Å². The molecule has 0 saturated heterocycles. The van der Waals surface area contributed by atoms with Crippen molar-refractivity contribution in [1.29, 1.82) is 0 Å². The van der Waals surface area contributed by atoms with Gasteiger partial charge in [-0.2, -0.15) is 5.10 Å². The number of carbonyl (C=O) groups is 1. The van der Waals surface area contributed by atoms with Gasteiger partial charge in [-0.3, -0.25) is 9.89 Å². The van der Waals surface area contributed by atoms with Gasteiger partial charge in [0.05, 0.1) is 11.9 Å². The first-order chi connectivity index (χ1) is 9.20. The Hall–Kier alpha value is -2.14. The minimum Gasteiger partial charge on any atom is -0.325 e. The van der Waals surface area contributed by atoms with E-state index >= 15 is 0 Å². The van der Waals surface area contributed by atoms with Gasteiger partial charge in [0.15, 0.2) is 0 Å². The van der Waals surface area contributed by atoms with Gasteiger partial charge in [0.2, 0.25) is 5.91 Å². The van der Waals surface area contributed by atoms with E-state index in [0.717, 1.165) is 28.9 Å². The number of hydrogen-bond donors (Lipinski definition) is 2. The van der Waals surface area contributed by atoms with Gasteiger partial charge in [-0.1, -0.05) is 6.07 Å². The molecule has 5 heteroatoms. The van der Waals surface area contributed by atoms with E-state index in [0.29, 0.717) is 13.0 Å². The minimum atomic E-state index is 0.172. The lowest BCUT2D eigenvalue weighted by Gasteiger charge is -2.26. The highest BCUT2D eigenvalue weighted by Gasteiger charge is 2.21. The van der Waals surface area contributed by atoms with E-state index in [1.54, 1.807) is 11.1 Å². The molecule has 1 amide bonds.